The van der Waals surface area contributed by atoms with Crippen molar-refractivity contribution < 1.29 is 9.53 Å². The van der Waals surface area contributed by atoms with Crippen molar-refractivity contribution in [1.82, 2.24) is 0 Å². The topological polar surface area (TPSA) is 78.3 Å². The van der Waals surface area contributed by atoms with Crippen LogP contribution in [0, 0.1) is 0 Å². The Kier molecular flexibility index (Phi) is 5.22. The highest BCUT2D eigenvalue weighted by atomic mass is 16.5. The molecule has 0 aromatic carbocycles. The zero-order valence-electron chi connectivity index (χ0n) is 10.2. The Bertz CT molecular complexity index is 233. The lowest BCUT2D eigenvalue weighted by molar-refractivity contribution is -0.126. The molecule has 1 saturated carbocycles. The summed E-state index contributed by atoms with van der Waals surface area (Å²) in [7, 11) is 0. The molecule has 94 valence electrons. The maximum atomic E-state index is 11.2. The van der Waals surface area contributed by atoms with Crippen LogP contribution in [0.5, 0.6) is 0 Å². The van der Waals surface area contributed by atoms with Gasteiger partial charge >= 0.3 is 0 Å². The average Bonchev–Trinajstić information content (AvgIpc) is 2.24. The number of hydrogen-bond acceptors (Lipinski definition) is 3. The SMILES string of the molecule is CCCCCOC1CCCC(N)(C(N)=O)C1. The summed E-state index contributed by atoms with van der Waals surface area (Å²) < 4.78 is 5.74. The lowest BCUT2D eigenvalue weighted by Gasteiger charge is -2.35. The summed E-state index contributed by atoms with van der Waals surface area (Å²) in [5, 5.41) is 0. The highest BCUT2D eigenvalue weighted by Gasteiger charge is 2.38. The molecule has 1 aliphatic rings. The van der Waals surface area contributed by atoms with Gasteiger partial charge in [-0.1, -0.05) is 19.8 Å². The fraction of sp³-hybridized carbons (Fsp3) is 0.917. The molecule has 1 fully saturated rings. The molecule has 0 saturated heterocycles. The largest absolute Gasteiger partial charge is 0.378 e. The molecule has 0 radical (unpaired) electrons. The summed E-state index contributed by atoms with van der Waals surface area (Å²) >= 11 is 0. The smallest absolute Gasteiger partial charge is 0.237 e. The first-order valence-electron chi connectivity index (χ1n) is 6.29. The average molecular weight is 228 g/mol. The number of rotatable bonds is 6. The lowest BCUT2D eigenvalue weighted by Crippen LogP contribution is -2.56. The second-order valence-corrected chi connectivity index (χ2v) is 4.82. The molecule has 2 unspecified atom stereocenters. The molecule has 1 amide bonds. The first-order chi connectivity index (χ1) is 7.58. The van der Waals surface area contributed by atoms with Crippen molar-refractivity contribution in [2.24, 2.45) is 11.5 Å². The van der Waals surface area contributed by atoms with E-state index in [4.69, 9.17) is 16.2 Å². The predicted octanol–water partition coefficient (Wildman–Crippen LogP) is 1.32. The zero-order valence-corrected chi connectivity index (χ0v) is 10.2. The highest BCUT2D eigenvalue weighted by molar-refractivity contribution is 5.84. The molecule has 0 aliphatic heterocycles. The van der Waals surface area contributed by atoms with Gasteiger partial charge in [0.1, 0.15) is 0 Å². The number of carbonyl (C=O) groups is 1. The van der Waals surface area contributed by atoms with E-state index in [1.807, 2.05) is 0 Å². The summed E-state index contributed by atoms with van der Waals surface area (Å²) in [4.78, 5) is 11.2. The van der Waals surface area contributed by atoms with Crippen molar-refractivity contribution in [2.45, 2.75) is 63.5 Å². The van der Waals surface area contributed by atoms with E-state index >= 15 is 0 Å². The van der Waals surface area contributed by atoms with Gasteiger partial charge in [-0.25, -0.2) is 0 Å². The summed E-state index contributed by atoms with van der Waals surface area (Å²) in [6.07, 6.45) is 6.78. The number of nitrogens with two attached hydrogens (primary N) is 2. The Labute approximate surface area is 97.7 Å². The quantitative estimate of drug-likeness (QED) is 0.673. The number of hydrogen-bond donors (Lipinski definition) is 2. The van der Waals surface area contributed by atoms with Gasteiger partial charge in [0.05, 0.1) is 11.6 Å². The van der Waals surface area contributed by atoms with Crippen molar-refractivity contribution in [2.75, 3.05) is 6.61 Å². The van der Waals surface area contributed by atoms with E-state index in [-0.39, 0.29) is 6.10 Å². The molecular formula is C12H24N2O2. The number of primary amides is 1. The molecule has 1 aliphatic carbocycles. The normalized spacial score (nSPS) is 30.2. The van der Waals surface area contributed by atoms with Crippen LogP contribution in [-0.4, -0.2) is 24.2 Å². The minimum atomic E-state index is -0.840. The molecule has 1 rings (SSSR count). The van der Waals surface area contributed by atoms with Crippen LogP contribution in [-0.2, 0) is 9.53 Å². The van der Waals surface area contributed by atoms with Crippen molar-refractivity contribution >= 4 is 5.91 Å². The Hall–Kier alpha value is -0.610. The van der Waals surface area contributed by atoms with Gasteiger partial charge in [-0.2, -0.15) is 0 Å². The summed E-state index contributed by atoms with van der Waals surface area (Å²) in [5.74, 6) is -0.394. The maximum Gasteiger partial charge on any atom is 0.237 e. The Morgan fingerprint density at radius 3 is 2.88 bits per heavy atom. The van der Waals surface area contributed by atoms with E-state index in [0.717, 1.165) is 25.9 Å². The molecule has 0 aromatic heterocycles. The monoisotopic (exact) mass is 228 g/mol. The lowest BCUT2D eigenvalue weighted by atomic mass is 9.80. The Morgan fingerprint density at radius 2 is 2.25 bits per heavy atom. The molecular weight excluding hydrogens is 204 g/mol. The van der Waals surface area contributed by atoms with Gasteiger partial charge in [-0.3, -0.25) is 4.79 Å². The number of carbonyl (C=O) groups excluding carboxylic acids is 1. The third kappa shape index (κ3) is 3.76. The van der Waals surface area contributed by atoms with Crippen LogP contribution >= 0.6 is 0 Å². The Balaban J connectivity index is 2.30. The van der Waals surface area contributed by atoms with E-state index in [1.165, 1.54) is 12.8 Å². The predicted molar refractivity (Wildman–Crippen MR) is 63.8 cm³/mol. The fourth-order valence-corrected chi connectivity index (χ4v) is 2.22. The van der Waals surface area contributed by atoms with Crippen molar-refractivity contribution in [3.63, 3.8) is 0 Å². The molecule has 0 heterocycles. The van der Waals surface area contributed by atoms with Crippen molar-refractivity contribution in [1.29, 1.82) is 0 Å². The van der Waals surface area contributed by atoms with Gasteiger partial charge < -0.3 is 16.2 Å². The van der Waals surface area contributed by atoms with Crippen LogP contribution in [0.4, 0.5) is 0 Å². The summed E-state index contributed by atoms with van der Waals surface area (Å²) in [6, 6.07) is 0. The third-order valence-electron chi connectivity index (χ3n) is 3.33. The van der Waals surface area contributed by atoms with Crippen LogP contribution in [0.3, 0.4) is 0 Å². The second-order valence-electron chi connectivity index (χ2n) is 4.82. The summed E-state index contributed by atoms with van der Waals surface area (Å²) in [6.45, 7) is 2.94. The minimum Gasteiger partial charge on any atom is -0.378 e. The first-order valence-corrected chi connectivity index (χ1v) is 6.29. The van der Waals surface area contributed by atoms with Gasteiger partial charge in [0.2, 0.25) is 5.91 Å². The molecule has 2 atom stereocenters. The van der Waals surface area contributed by atoms with Crippen LogP contribution in [0.15, 0.2) is 0 Å². The van der Waals surface area contributed by atoms with Crippen LogP contribution in [0.25, 0.3) is 0 Å². The van der Waals surface area contributed by atoms with Crippen LogP contribution in [0.1, 0.15) is 51.9 Å². The standard InChI is InChI=1S/C12H24N2O2/c1-2-3-4-8-16-10-6-5-7-12(14,9-10)11(13)15/h10H,2-9,14H2,1H3,(H2,13,15). The molecule has 0 spiro atoms. The summed E-state index contributed by atoms with van der Waals surface area (Å²) in [5.41, 5.74) is 10.4. The van der Waals surface area contributed by atoms with Crippen LogP contribution < -0.4 is 11.5 Å². The minimum absolute atomic E-state index is 0.114. The molecule has 0 bridgehead atoms. The molecule has 0 aromatic rings. The van der Waals surface area contributed by atoms with E-state index in [1.54, 1.807) is 0 Å². The van der Waals surface area contributed by atoms with Gasteiger partial charge in [0.15, 0.2) is 0 Å². The van der Waals surface area contributed by atoms with E-state index in [2.05, 4.69) is 6.92 Å². The number of unbranched alkanes of at least 4 members (excludes halogenated alkanes) is 2. The van der Waals surface area contributed by atoms with Crippen molar-refractivity contribution in [3.05, 3.63) is 0 Å². The number of ether oxygens (including phenoxy) is 1. The second kappa shape index (κ2) is 6.21. The first kappa shape index (κ1) is 13.5. The third-order valence-corrected chi connectivity index (χ3v) is 3.33. The van der Waals surface area contributed by atoms with Crippen molar-refractivity contribution in [3.8, 4) is 0 Å². The van der Waals surface area contributed by atoms with Gasteiger partial charge in [0, 0.05) is 13.0 Å². The van der Waals surface area contributed by atoms with E-state index in [9.17, 15) is 4.79 Å². The molecule has 4 nitrogen and oxygen atoms in total. The molecule has 4 heteroatoms. The van der Waals surface area contributed by atoms with E-state index < -0.39 is 11.4 Å². The number of amides is 1. The van der Waals surface area contributed by atoms with Gasteiger partial charge in [-0.15, -0.1) is 0 Å². The van der Waals surface area contributed by atoms with Crippen LogP contribution in [0.2, 0.25) is 0 Å². The highest BCUT2D eigenvalue weighted by Crippen LogP contribution is 2.28. The van der Waals surface area contributed by atoms with Gasteiger partial charge in [-0.05, 0) is 25.7 Å². The van der Waals surface area contributed by atoms with Gasteiger partial charge in [0.25, 0.3) is 0 Å². The Morgan fingerprint density at radius 1 is 1.50 bits per heavy atom. The molecule has 4 N–H and O–H groups in total. The zero-order chi connectivity index (χ0) is 12.0. The fourth-order valence-electron chi connectivity index (χ4n) is 2.22. The molecule has 16 heavy (non-hydrogen) atoms. The maximum absolute atomic E-state index is 11.2. The van der Waals surface area contributed by atoms with E-state index in [0.29, 0.717) is 12.8 Å².